The molecule has 5 N–H and O–H groups in total. The minimum Gasteiger partial charge on any atom is -0.353 e. The Balaban J connectivity index is 0. The monoisotopic (exact) mass is 730 g/mol. The van der Waals surface area contributed by atoms with Crippen molar-refractivity contribution in [3.8, 4) is 0 Å². The van der Waals surface area contributed by atoms with Gasteiger partial charge in [-0.3, -0.25) is 23.5 Å². The van der Waals surface area contributed by atoms with Crippen LogP contribution in [0.4, 0.5) is 4.79 Å². The lowest BCUT2D eigenvalue weighted by atomic mass is 9.85. The van der Waals surface area contributed by atoms with Crippen molar-refractivity contribution in [3.63, 3.8) is 0 Å². The molecule has 12 nitrogen and oxygen atoms in total. The summed E-state index contributed by atoms with van der Waals surface area (Å²) in [7, 11) is 3.26. The molecule has 1 aliphatic heterocycles. The Morgan fingerprint density at radius 2 is 1.44 bits per heavy atom. The largest absolute Gasteiger partial charge is 0.353 e. The summed E-state index contributed by atoms with van der Waals surface area (Å²) < 4.78 is 1.78. The van der Waals surface area contributed by atoms with Crippen LogP contribution in [0, 0.1) is 16.7 Å². The maximum absolute atomic E-state index is 14.0. The van der Waals surface area contributed by atoms with E-state index in [1.165, 1.54) is 24.8 Å². The van der Waals surface area contributed by atoms with Gasteiger partial charge in [0.15, 0.2) is 0 Å². The van der Waals surface area contributed by atoms with Gasteiger partial charge in [-0.1, -0.05) is 122 Å². The van der Waals surface area contributed by atoms with E-state index in [-0.39, 0.29) is 17.4 Å². The van der Waals surface area contributed by atoms with Gasteiger partial charge in [0.1, 0.15) is 12.1 Å². The van der Waals surface area contributed by atoms with Crippen LogP contribution in [0.5, 0.6) is 0 Å². The van der Waals surface area contributed by atoms with E-state index in [9.17, 15) is 24.0 Å². The summed E-state index contributed by atoms with van der Waals surface area (Å²) in [6.45, 7) is 26.1. The van der Waals surface area contributed by atoms with E-state index in [0.29, 0.717) is 44.8 Å². The number of hydrogen-bond donors (Lipinski definition) is 6. The number of rotatable bonds is 16. The predicted molar refractivity (Wildman–Crippen MR) is 209 cm³/mol. The van der Waals surface area contributed by atoms with Gasteiger partial charge in [0.05, 0.1) is 6.04 Å². The predicted octanol–water partition coefficient (Wildman–Crippen LogP) is 4.93. The molecule has 0 aromatic carbocycles. The van der Waals surface area contributed by atoms with Crippen LogP contribution in [0.2, 0.25) is 0 Å². The minimum atomic E-state index is -0.947. The van der Waals surface area contributed by atoms with Gasteiger partial charge in [0.25, 0.3) is 5.91 Å². The molecule has 5 amide bonds. The second-order valence-corrected chi connectivity index (χ2v) is 15.2. The van der Waals surface area contributed by atoms with Crippen LogP contribution in [-0.4, -0.2) is 103 Å². The van der Waals surface area contributed by atoms with Crippen LogP contribution in [0.3, 0.4) is 0 Å². The van der Waals surface area contributed by atoms with Crippen molar-refractivity contribution in [2.45, 2.75) is 152 Å². The van der Waals surface area contributed by atoms with Crippen LogP contribution in [0.1, 0.15) is 128 Å². The molecule has 1 aliphatic carbocycles. The Morgan fingerprint density at radius 3 is 1.92 bits per heavy atom. The number of hydrogen-bond acceptors (Lipinski definition) is 8. The summed E-state index contributed by atoms with van der Waals surface area (Å²) in [4.78, 5) is 67.2. The number of likely N-dealkylation sites (N-methyl/N-ethyl adjacent to an activating group) is 2. The lowest BCUT2D eigenvalue weighted by Crippen LogP contribution is -2.61. The Hall–Kier alpha value is -2.38. The zero-order valence-electron chi connectivity index (χ0n) is 34.0. The molecular weight excluding hydrogens is 655 g/mol. The molecule has 2 fully saturated rings. The fourth-order valence-corrected chi connectivity index (χ4v) is 5.44. The lowest BCUT2D eigenvalue weighted by molar-refractivity contribution is -0.143. The van der Waals surface area contributed by atoms with Crippen molar-refractivity contribution in [3.05, 3.63) is 0 Å². The highest BCUT2D eigenvalue weighted by atomic mass is 32.1. The van der Waals surface area contributed by atoms with Gasteiger partial charge >= 0.3 is 6.03 Å². The number of Topliss-reactive ketones (excluding diaryl/α,β-unsaturated/α-hetero) is 1. The number of nitrogens with one attached hydrogen (secondary N) is 5. The standard InChI is InChI=1S/C31H57N7O5S.3C2H6/c1-30(2,3)23(19-33-16-18-37(8)44)35-29(43)36-25(31(4,5)6)28(42)38-17-10-13-22(38)26(40)34-21(24(39)27(41)32-7)12-9-11-20-14-15-20;3*1-2/h20-23,25,33,44H,9-19H2,1-8H3,(H,32,41)(H,34,40)(H2,35,36,43);3*1-2H3. The lowest BCUT2D eigenvalue weighted by Gasteiger charge is -2.37. The van der Waals surface area contributed by atoms with Crippen molar-refractivity contribution in [1.29, 1.82) is 0 Å². The summed E-state index contributed by atoms with van der Waals surface area (Å²) in [6.07, 6.45) is 5.47. The maximum Gasteiger partial charge on any atom is 0.315 e. The fraction of sp³-hybridized carbons (Fsp3) is 0.865. The molecule has 0 radical (unpaired) electrons. The number of nitrogens with zero attached hydrogens (tertiary/aromatic N) is 2. The van der Waals surface area contributed by atoms with Gasteiger partial charge < -0.3 is 31.5 Å². The van der Waals surface area contributed by atoms with E-state index in [1.807, 2.05) is 90.1 Å². The van der Waals surface area contributed by atoms with Gasteiger partial charge in [-0.15, -0.1) is 0 Å². The zero-order chi connectivity index (χ0) is 39.2. The third kappa shape index (κ3) is 18.7. The first-order valence-electron chi connectivity index (χ1n) is 19.0. The summed E-state index contributed by atoms with van der Waals surface area (Å²) in [5.74, 6) is -1.57. The number of carbonyl (C=O) groups is 5. The van der Waals surface area contributed by atoms with E-state index in [0.717, 1.165) is 19.4 Å². The molecule has 294 valence electrons. The third-order valence-corrected chi connectivity index (χ3v) is 8.62. The van der Waals surface area contributed by atoms with Crippen LogP contribution in [0.25, 0.3) is 0 Å². The number of thiol groups is 1. The van der Waals surface area contributed by atoms with E-state index < -0.39 is 47.2 Å². The molecule has 1 heterocycles. The van der Waals surface area contributed by atoms with Crippen LogP contribution in [-0.2, 0) is 19.2 Å². The van der Waals surface area contributed by atoms with Crippen molar-refractivity contribution in [1.82, 2.24) is 35.8 Å². The molecule has 2 rings (SSSR count). The maximum atomic E-state index is 14.0. The van der Waals surface area contributed by atoms with Crippen molar-refractivity contribution in [2.75, 3.05) is 40.3 Å². The highest BCUT2D eigenvalue weighted by Crippen LogP contribution is 2.34. The second kappa shape index (κ2) is 25.6. The second-order valence-electron chi connectivity index (χ2n) is 14.5. The Bertz CT molecular complexity index is 1010. The summed E-state index contributed by atoms with van der Waals surface area (Å²) in [5.41, 5.74) is -0.900. The molecule has 0 bridgehead atoms. The van der Waals surface area contributed by atoms with Crippen LogP contribution in [0.15, 0.2) is 0 Å². The Labute approximate surface area is 310 Å². The average Bonchev–Trinajstić information content (AvgIpc) is 3.76. The van der Waals surface area contributed by atoms with E-state index in [1.54, 1.807) is 4.31 Å². The number of carbonyl (C=O) groups excluding carboxylic acids is 5. The van der Waals surface area contributed by atoms with Crippen LogP contribution < -0.4 is 26.6 Å². The van der Waals surface area contributed by atoms with E-state index >= 15 is 0 Å². The first kappa shape index (κ1) is 49.7. The van der Waals surface area contributed by atoms with Gasteiger partial charge in [0.2, 0.25) is 17.6 Å². The molecule has 50 heavy (non-hydrogen) atoms. The zero-order valence-corrected chi connectivity index (χ0v) is 34.9. The first-order chi connectivity index (χ1) is 23.4. The molecule has 4 unspecified atom stereocenters. The average molecular weight is 730 g/mol. The number of ketones is 1. The molecule has 4 atom stereocenters. The molecule has 0 aromatic rings. The van der Waals surface area contributed by atoms with Crippen molar-refractivity contribution in [2.24, 2.45) is 16.7 Å². The fourth-order valence-electron chi connectivity index (χ4n) is 5.34. The Morgan fingerprint density at radius 1 is 0.860 bits per heavy atom. The van der Waals surface area contributed by atoms with Crippen LogP contribution >= 0.6 is 12.8 Å². The highest BCUT2D eigenvalue weighted by Gasteiger charge is 2.43. The molecule has 0 spiro atoms. The van der Waals surface area contributed by atoms with Crippen molar-refractivity contribution < 1.29 is 24.0 Å². The smallest absolute Gasteiger partial charge is 0.315 e. The van der Waals surface area contributed by atoms with Gasteiger partial charge in [0, 0.05) is 39.3 Å². The van der Waals surface area contributed by atoms with Gasteiger partial charge in [-0.25, -0.2) is 4.79 Å². The Kier molecular flexibility index (Phi) is 25.4. The van der Waals surface area contributed by atoms with E-state index in [2.05, 4.69) is 39.4 Å². The van der Waals surface area contributed by atoms with Gasteiger partial charge in [-0.2, -0.15) is 0 Å². The quantitative estimate of drug-likeness (QED) is 0.0749. The molecule has 2 aliphatic rings. The number of amides is 5. The topological polar surface area (TPSA) is 152 Å². The minimum absolute atomic E-state index is 0.219. The first-order valence-corrected chi connectivity index (χ1v) is 19.4. The third-order valence-electron chi connectivity index (χ3n) is 8.42. The van der Waals surface area contributed by atoms with Crippen molar-refractivity contribution >= 4 is 42.4 Å². The molecule has 13 heteroatoms. The summed E-state index contributed by atoms with van der Waals surface area (Å²) in [6, 6.07) is -3.32. The molecule has 0 aromatic heterocycles. The highest BCUT2D eigenvalue weighted by molar-refractivity contribution is 7.77. The SMILES string of the molecule is CC.CC.CC.CNC(=O)C(=O)C(CCCC1CC1)NC(=O)C1CCCN1C(=O)C(NC(=O)NC(CNCCN(C)S)C(C)(C)C)C(C)(C)C. The van der Waals surface area contributed by atoms with Gasteiger partial charge in [-0.05, 0) is 43.1 Å². The van der Waals surface area contributed by atoms with E-state index in [4.69, 9.17) is 0 Å². The normalized spacial score (nSPS) is 17.3. The summed E-state index contributed by atoms with van der Waals surface area (Å²) in [5, 5.41) is 14.4. The summed E-state index contributed by atoms with van der Waals surface area (Å²) >= 11 is 4.26. The number of likely N-dealkylation sites (tertiary alicyclic amines) is 1. The molecule has 1 saturated heterocycles. The number of urea groups is 1. The molecule has 1 saturated carbocycles. The molecular formula is C37H75N7O5S.